The van der Waals surface area contributed by atoms with Gasteiger partial charge in [-0.3, -0.25) is 0 Å². The maximum Gasteiger partial charge on any atom is 0.128 e. The fourth-order valence-electron chi connectivity index (χ4n) is 2.50. The first-order chi connectivity index (χ1) is 10.1. The van der Waals surface area contributed by atoms with Crippen LogP contribution in [0.2, 0.25) is 5.02 Å². The quantitative estimate of drug-likeness (QED) is 0.836. The lowest BCUT2D eigenvalue weighted by atomic mass is 9.95. The Bertz CT molecular complexity index is 675. The molecule has 0 aromatic heterocycles. The van der Waals surface area contributed by atoms with Gasteiger partial charge in [0.1, 0.15) is 17.6 Å². The van der Waals surface area contributed by atoms with Gasteiger partial charge in [-0.2, -0.15) is 0 Å². The summed E-state index contributed by atoms with van der Waals surface area (Å²) in [6.07, 6.45) is -0.425. The lowest BCUT2D eigenvalue weighted by Crippen LogP contribution is -2.19. The molecule has 0 saturated carbocycles. The Morgan fingerprint density at radius 3 is 2.81 bits per heavy atom. The number of rotatable bonds is 2. The predicted octanol–water partition coefficient (Wildman–Crippen LogP) is 4.67. The molecule has 0 radical (unpaired) electrons. The Kier molecular flexibility index (Phi) is 4.11. The summed E-state index contributed by atoms with van der Waals surface area (Å²) in [6, 6.07) is 11.1. The van der Waals surface area contributed by atoms with Gasteiger partial charge in [0.25, 0.3) is 0 Å². The molecule has 1 aliphatic heterocycles. The summed E-state index contributed by atoms with van der Waals surface area (Å²) < 4.78 is 12.1. The van der Waals surface area contributed by atoms with Crippen molar-refractivity contribution in [3.05, 3.63) is 57.0 Å². The van der Waals surface area contributed by atoms with Crippen LogP contribution < -0.4 is 9.47 Å². The van der Waals surface area contributed by atoms with Gasteiger partial charge in [-0.1, -0.05) is 27.5 Å². The average molecular weight is 370 g/mol. The lowest BCUT2D eigenvalue weighted by molar-refractivity contribution is 0.0655. The van der Waals surface area contributed by atoms with E-state index in [4.69, 9.17) is 21.1 Å². The van der Waals surface area contributed by atoms with E-state index in [-0.39, 0.29) is 6.10 Å². The highest BCUT2D eigenvalue weighted by Gasteiger charge is 2.29. The van der Waals surface area contributed by atoms with E-state index in [1.54, 1.807) is 13.2 Å². The van der Waals surface area contributed by atoms with Crippen molar-refractivity contribution < 1.29 is 14.6 Å². The smallest absolute Gasteiger partial charge is 0.128 e. The van der Waals surface area contributed by atoms with E-state index >= 15 is 0 Å². The molecule has 2 atom stereocenters. The number of ether oxygens (including phenoxy) is 2. The molecule has 21 heavy (non-hydrogen) atoms. The van der Waals surface area contributed by atoms with Gasteiger partial charge in [-0.25, -0.2) is 0 Å². The minimum absolute atomic E-state index is 0.272. The Labute approximate surface area is 136 Å². The van der Waals surface area contributed by atoms with E-state index in [1.165, 1.54) is 0 Å². The molecule has 0 fully saturated rings. The van der Waals surface area contributed by atoms with Crippen LogP contribution in [0.3, 0.4) is 0 Å². The van der Waals surface area contributed by atoms with Crippen LogP contribution in [0.1, 0.15) is 29.8 Å². The van der Waals surface area contributed by atoms with E-state index in [9.17, 15) is 5.11 Å². The van der Waals surface area contributed by atoms with Gasteiger partial charge in [0, 0.05) is 27.0 Å². The van der Waals surface area contributed by atoms with Gasteiger partial charge in [-0.05, 0) is 36.4 Å². The largest absolute Gasteiger partial charge is 0.497 e. The van der Waals surface area contributed by atoms with Crippen LogP contribution in [0.25, 0.3) is 0 Å². The molecule has 0 saturated heterocycles. The van der Waals surface area contributed by atoms with Crippen LogP contribution in [0.15, 0.2) is 40.9 Å². The highest BCUT2D eigenvalue weighted by Crippen LogP contribution is 2.43. The molecule has 2 aromatic rings. The van der Waals surface area contributed by atoms with Gasteiger partial charge in [-0.15, -0.1) is 0 Å². The number of aliphatic hydroxyl groups excluding tert-OH is 1. The molecule has 3 rings (SSSR count). The molecule has 2 aromatic carbocycles. The Hall–Kier alpha value is -1.23. The summed E-state index contributed by atoms with van der Waals surface area (Å²) in [4.78, 5) is 0. The zero-order valence-corrected chi connectivity index (χ0v) is 13.7. The fraction of sp³-hybridized carbons (Fsp3) is 0.250. The highest BCUT2D eigenvalue weighted by molar-refractivity contribution is 9.10. The minimum Gasteiger partial charge on any atom is -0.497 e. The summed E-state index contributed by atoms with van der Waals surface area (Å²) in [5.41, 5.74) is 1.61. The number of fused-ring (bicyclic) bond motifs is 1. The van der Waals surface area contributed by atoms with Crippen LogP contribution in [0, 0.1) is 0 Å². The second-order valence-corrected chi connectivity index (χ2v) is 6.25. The van der Waals surface area contributed by atoms with Crippen LogP contribution in [0.5, 0.6) is 11.5 Å². The first-order valence-corrected chi connectivity index (χ1v) is 7.73. The van der Waals surface area contributed by atoms with Gasteiger partial charge in [0.2, 0.25) is 0 Å². The van der Waals surface area contributed by atoms with Gasteiger partial charge in [0.05, 0.1) is 13.2 Å². The van der Waals surface area contributed by atoms with Crippen LogP contribution in [0.4, 0.5) is 0 Å². The van der Waals surface area contributed by atoms with E-state index < -0.39 is 6.10 Å². The maximum atomic E-state index is 10.4. The average Bonchev–Trinajstić information content (AvgIpc) is 2.49. The standard InChI is InChI=1S/C16H14BrClO3/c1-20-10-3-5-15-12(7-10)14(19)8-16(21-15)11-6-9(17)2-4-13(11)18/h2-7,14,16,19H,8H2,1H3/t14-,16?/m0/s1. The van der Waals surface area contributed by atoms with Crippen LogP contribution in [-0.2, 0) is 0 Å². The summed E-state index contributed by atoms with van der Waals surface area (Å²) in [5, 5.41) is 11.0. The Morgan fingerprint density at radius 1 is 1.24 bits per heavy atom. The number of halogens is 2. The maximum absolute atomic E-state index is 10.4. The molecule has 0 bridgehead atoms. The summed E-state index contributed by atoms with van der Waals surface area (Å²) in [6.45, 7) is 0. The van der Waals surface area contributed by atoms with Crippen molar-refractivity contribution in [1.82, 2.24) is 0 Å². The lowest BCUT2D eigenvalue weighted by Gasteiger charge is -2.30. The van der Waals surface area contributed by atoms with Crippen LogP contribution in [-0.4, -0.2) is 12.2 Å². The van der Waals surface area contributed by atoms with Crippen molar-refractivity contribution in [2.24, 2.45) is 0 Å². The zero-order chi connectivity index (χ0) is 15.0. The third-order valence-electron chi connectivity index (χ3n) is 3.59. The van der Waals surface area contributed by atoms with Crippen molar-refractivity contribution in [1.29, 1.82) is 0 Å². The molecule has 110 valence electrons. The Morgan fingerprint density at radius 2 is 2.05 bits per heavy atom. The first-order valence-electron chi connectivity index (χ1n) is 6.56. The molecular weight excluding hydrogens is 356 g/mol. The van der Waals surface area contributed by atoms with Crippen molar-refractivity contribution >= 4 is 27.5 Å². The number of hydrogen-bond acceptors (Lipinski definition) is 3. The fourth-order valence-corrected chi connectivity index (χ4v) is 3.12. The predicted molar refractivity (Wildman–Crippen MR) is 85.1 cm³/mol. The number of hydrogen-bond donors (Lipinski definition) is 1. The SMILES string of the molecule is COc1ccc2c(c1)[C@@H](O)CC(c1cc(Br)ccc1Cl)O2. The van der Waals surface area contributed by atoms with Crippen molar-refractivity contribution in [3.8, 4) is 11.5 Å². The van der Waals surface area contributed by atoms with E-state index in [2.05, 4.69) is 15.9 Å². The normalized spacial score (nSPS) is 20.6. The zero-order valence-electron chi connectivity index (χ0n) is 11.3. The number of methoxy groups -OCH3 is 1. The number of aliphatic hydroxyl groups is 1. The third kappa shape index (κ3) is 2.89. The molecule has 3 nitrogen and oxygen atoms in total. The third-order valence-corrected chi connectivity index (χ3v) is 4.42. The van der Waals surface area contributed by atoms with E-state index in [0.29, 0.717) is 22.9 Å². The second kappa shape index (κ2) is 5.87. The van der Waals surface area contributed by atoms with Crippen LogP contribution >= 0.6 is 27.5 Å². The van der Waals surface area contributed by atoms with E-state index in [0.717, 1.165) is 15.6 Å². The van der Waals surface area contributed by atoms with Gasteiger partial charge >= 0.3 is 0 Å². The topological polar surface area (TPSA) is 38.7 Å². The molecule has 1 heterocycles. The molecule has 0 aliphatic carbocycles. The van der Waals surface area contributed by atoms with E-state index in [1.807, 2.05) is 30.3 Å². The summed E-state index contributed by atoms with van der Waals surface area (Å²) in [5.74, 6) is 1.37. The molecule has 1 N–H and O–H groups in total. The molecule has 1 aliphatic rings. The Balaban J connectivity index is 1.96. The molecule has 0 amide bonds. The second-order valence-electron chi connectivity index (χ2n) is 4.93. The number of benzene rings is 2. The van der Waals surface area contributed by atoms with Crippen molar-refractivity contribution in [2.45, 2.75) is 18.6 Å². The molecule has 1 unspecified atom stereocenters. The molecular formula is C16H14BrClO3. The van der Waals surface area contributed by atoms with Crippen molar-refractivity contribution in [3.63, 3.8) is 0 Å². The van der Waals surface area contributed by atoms with Crippen molar-refractivity contribution in [2.75, 3.05) is 7.11 Å². The summed E-state index contributed by atoms with van der Waals surface area (Å²) >= 11 is 9.68. The summed E-state index contributed by atoms with van der Waals surface area (Å²) in [7, 11) is 1.60. The minimum atomic E-state index is -0.608. The molecule has 0 spiro atoms. The molecule has 5 heteroatoms. The highest BCUT2D eigenvalue weighted by atomic mass is 79.9. The first kappa shape index (κ1) is 14.7. The van der Waals surface area contributed by atoms with Gasteiger partial charge in [0.15, 0.2) is 0 Å². The van der Waals surface area contributed by atoms with Gasteiger partial charge < -0.3 is 14.6 Å². The monoisotopic (exact) mass is 368 g/mol.